The van der Waals surface area contributed by atoms with Crippen LogP contribution < -0.4 is 0 Å². The molecule has 0 saturated heterocycles. The summed E-state index contributed by atoms with van der Waals surface area (Å²) in [6.45, 7) is 2.27. The Morgan fingerprint density at radius 2 is 1.34 bits per heavy atom. The van der Waals surface area contributed by atoms with Crippen molar-refractivity contribution in [2.45, 2.75) is 90.4 Å². The number of nitrogens with zero attached hydrogens (tertiary/aromatic N) is 1. The minimum absolute atomic E-state index is 0.0309. The molecule has 1 N–H and O–H groups in total. The maximum absolute atomic E-state index is 13.4. The van der Waals surface area contributed by atoms with Crippen LogP contribution in [0.3, 0.4) is 0 Å². The molecule has 0 amide bonds. The SMILES string of the molecule is CCCCCCCCCCCCCCc1oc(C(=O)c2ccc3ccccc3c2O)nc1-c1ccccc1. The van der Waals surface area contributed by atoms with Crippen LogP contribution >= 0.6 is 0 Å². The summed E-state index contributed by atoms with van der Waals surface area (Å²) >= 11 is 0. The maximum Gasteiger partial charge on any atom is 0.269 e. The van der Waals surface area contributed by atoms with Crippen molar-refractivity contribution in [3.63, 3.8) is 0 Å². The van der Waals surface area contributed by atoms with E-state index in [9.17, 15) is 9.90 Å². The number of aromatic nitrogens is 1. The highest BCUT2D eigenvalue weighted by molar-refractivity contribution is 6.11. The Balaban J connectivity index is 1.36. The van der Waals surface area contributed by atoms with Crippen molar-refractivity contribution in [3.05, 3.63) is 83.9 Å². The predicted molar refractivity (Wildman–Crippen MR) is 156 cm³/mol. The van der Waals surface area contributed by atoms with Gasteiger partial charge in [0.15, 0.2) is 0 Å². The van der Waals surface area contributed by atoms with Crippen LogP contribution in [-0.4, -0.2) is 15.9 Å². The topological polar surface area (TPSA) is 63.3 Å². The number of phenolic OH excluding ortho intramolecular Hbond substituents is 1. The molecule has 0 saturated carbocycles. The van der Waals surface area contributed by atoms with E-state index in [-0.39, 0.29) is 17.2 Å². The number of phenols is 1. The van der Waals surface area contributed by atoms with Gasteiger partial charge in [0.2, 0.25) is 0 Å². The quantitative estimate of drug-likeness (QED) is 0.120. The van der Waals surface area contributed by atoms with E-state index in [0.29, 0.717) is 5.39 Å². The van der Waals surface area contributed by atoms with E-state index >= 15 is 0 Å². The number of ketones is 1. The lowest BCUT2D eigenvalue weighted by Gasteiger charge is -2.05. The number of hydrogen-bond donors (Lipinski definition) is 1. The number of oxazole rings is 1. The van der Waals surface area contributed by atoms with Gasteiger partial charge < -0.3 is 9.52 Å². The highest BCUT2D eigenvalue weighted by atomic mass is 16.4. The molecule has 0 fully saturated rings. The first-order valence-corrected chi connectivity index (χ1v) is 14.5. The summed E-state index contributed by atoms with van der Waals surface area (Å²) < 4.78 is 6.08. The zero-order valence-electron chi connectivity index (χ0n) is 22.8. The molecule has 0 aliphatic rings. The van der Waals surface area contributed by atoms with Gasteiger partial charge in [0.1, 0.15) is 17.2 Å². The second-order valence-corrected chi connectivity index (χ2v) is 10.3. The molecule has 4 rings (SSSR count). The average Bonchev–Trinajstić information content (AvgIpc) is 3.38. The molecule has 0 bridgehead atoms. The largest absolute Gasteiger partial charge is 0.507 e. The Morgan fingerprint density at radius 3 is 2.03 bits per heavy atom. The van der Waals surface area contributed by atoms with Crippen LogP contribution in [-0.2, 0) is 6.42 Å². The fourth-order valence-corrected chi connectivity index (χ4v) is 5.12. The van der Waals surface area contributed by atoms with E-state index in [2.05, 4.69) is 11.9 Å². The third-order valence-corrected chi connectivity index (χ3v) is 7.34. The van der Waals surface area contributed by atoms with Gasteiger partial charge in [0.05, 0.1) is 5.56 Å². The number of hydrogen-bond acceptors (Lipinski definition) is 4. The second kappa shape index (κ2) is 14.5. The molecular weight excluding hydrogens is 470 g/mol. The van der Waals surface area contributed by atoms with E-state index in [1.54, 1.807) is 6.07 Å². The molecule has 0 unspecified atom stereocenters. The second-order valence-electron chi connectivity index (χ2n) is 10.3. The van der Waals surface area contributed by atoms with Crippen LogP contribution in [0.2, 0.25) is 0 Å². The van der Waals surface area contributed by atoms with Crippen LogP contribution in [0, 0.1) is 0 Å². The Labute approximate surface area is 227 Å². The van der Waals surface area contributed by atoms with Gasteiger partial charge in [-0.25, -0.2) is 4.98 Å². The smallest absolute Gasteiger partial charge is 0.269 e. The Hall–Kier alpha value is -3.40. The molecule has 4 aromatic rings. The number of carbonyl (C=O) groups is 1. The van der Waals surface area contributed by atoms with Gasteiger partial charge in [-0.2, -0.15) is 0 Å². The Kier molecular flexibility index (Phi) is 10.6. The van der Waals surface area contributed by atoms with Crippen LogP contribution in [0.5, 0.6) is 5.75 Å². The van der Waals surface area contributed by atoms with Crippen LogP contribution in [0.1, 0.15) is 106 Å². The van der Waals surface area contributed by atoms with Crippen LogP contribution in [0.25, 0.3) is 22.0 Å². The van der Waals surface area contributed by atoms with Crippen molar-refractivity contribution in [1.82, 2.24) is 4.98 Å². The summed E-state index contributed by atoms with van der Waals surface area (Å²) in [4.78, 5) is 18.0. The molecule has 0 aliphatic heterocycles. The molecule has 200 valence electrons. The summed E-state index contributed by atoms with van der Waals surface area (Å²) in [5, 5.41) is 12.3. The number of rotatable bonds is 16. The molecule has 0 spiro atoms. The fraction of sp³-hybridized carbons (Fsp3) is 0.412. The van der Waals surface area contributed by atoms with Gasteiger partial charge >= 0.3 is 0 Å². The number of fused-ring (bicyclic) bond motifs is 1. The summed E-state index contributed by atoms with van der Waals surface area (Å²) in [7, 11) is 0. The minimum atomic E-state index is -0.397. The zero-order chi connectivity index (χ0) is 26.6. The lowest BCUT2D eigenvalue weighted by atomic mass is 10.0. The van der Waals surface area contributed by atoms with Gasteiger partial charge in [-0.3, -0.25) is 4.79 Å². The van der Waals surface area contributed by atoms with Gasteiger partial charge in [-0.1, -0.05) is 138 Å². The van der Waals surface area contributed by atoms with Crippen molar-refractivity contribution in [2.24, 2.45) is 0 Å². The first-order valence-electron chi connectivity index (χ1n) is 14.5. The van der Waals surface area contributed by atoms with Crippen molar-refractivity contribution >= 4 is 16.6 Å². The number of benzene rings is 3. The van der Waals surface area contributed by atoms with Crippen molar-refractivity contribution in [2.75, 3.05) is 0 Å². The lowest BCUT2D eigenvalue weighted by Crippen LogP contribution is -2.02. The summed E-state index contributed by atoms with van der Waals surface area (Å²) in [6, 6.07) is 20.9. The van der Waals surface area contributed by atoms with Crippen molar-refractivity contribution < 1.29 is 14.3 Å². The first-order chi connectivity index (χ1) is 18.7. The van der Waals surface area contributed by atoms with E-state index in [1.807, 2.05) is 60.7 Å². The Morgan fingerprint density at radius 1 is 0.737 bits per heavy atom. The highest BCUT2D eigenvalue weighted by Crippen LogP contribution is 2.32. The molecule has 3 aromatic carbocycles. The van der Waals surface area contributed by atoms with E-state index < -0.39 is 5.78 Å². The molecule has 1 aromatic heterocycles. The molecule has 38 heavy (non-hydrogen) atoms. The fourth-order valence-electron chi connectivity index (χ4n) is 5.12. The zero-order valence-corrected chi connectivity index (χ0v) is 22.8. The molecule has 4 nitrogen and oxygen atoms in total. The lowest BCUT2D eigenvalue weighted by molar-refractivity contribution is 0.0998. The number of unbranched alkanes of at least 4 members (excludes halogenated alkanes) is 11. The van der Waals surface area contributed by atoms with Gasteiger partial charge in [0.25, 0.3) is 11.7 Å². The minimum Gasteiger partial charge on any atom is -0.507 e. The molecule has 0 atom stereocenters. The first kappa shape index (κ1) is 27.6. The standard InChI is InChI=1S/C34H41NO3/c1-2-3-4-5-6-7-8-9-10-11-12-16-23-30-31(27-20-14-13-15-21-27)35-34(38-30)33(37)29-25-24-26-19-17-18-22-28(26)32(29)36/h13-15,17-22,24-25,36H,2-12,16,23H2,1H3. The third-order valence-electron chi connectivity index (χ3n) is 7.34. The molecular formula is C34H41NO3. The van der Waals surface area contributed by atoms with Crippen molar-refractivity contribution in [3.8, 4) is 17.0 Å². The normalized spacial score (nSPS) is 11.3. The summed E-state index contributed by atoms with van der Waals surface area (Å²) in [5.41, 5.74) is 1.87. The molecule has 4 heteroatoms. The number of aromatic hydroxyl groups is 1. The van der Waals surface area contributed by atoms with Crippen molar-refractivity contribution in [1.29, 1.82) is 0 Å². The summed E-state index contributed by atoms with van der Waals surface area (Å²) in [5.74, 6) is 0.344. The van der Waals surface area contributed by atoms with Gasteiger partial charge in [-0.05, 0) is 17.9 Å². The molecule has 1 heterocycles. The van der Waals surface area contributed by atoms with E-state index in [1.165, 1.54) is 64.2 Å². The summed E-state index contributed by atoms with van der Waals surface area (Å²) in [6.07, 6.45) is 16.3. The molecule has 0 radical (unpaired) electrons. The molecule has 0 aliphatic carbocycles. The third kappa shape index (κ3) is 7.34. The monoisotopic (exact) mass is 511 g/mol. The van der Waals surface area contributed by atoms with E-state index in [4.69, 9.17) is 4.42 Å². The maximum atomic E-state index is 13.4. The average molecular weight is 512 g/mol. The Bertz CT molecular complexity index is 1290. The van der Waals surface area contributed by atoms with Gasteiger partial charge in [-0.15, -0.1) is 0 Å². The van der Waals surface area contributed by atoms with Gasteiger partial charge in [0, 0.05) is 17.4 Å². The van der Waals surface area contributed by atoms with Crippen LogP contribution in [0.15, 0.2) is 71.1 Å². The van der Waals surface area contributed by atoms with Crippen LogP contribution in [0.4, 0.5) is 0 Å². The number of aryl methyl sites for hydroxylation is 1. The van der Waals surface area contributed by atoms with E-state index in [0.717, 1.165) is 41.7 Å². The predicted octanol–water partition coefficient (Wildman–Crippen LogP) is 9.67. The highest BCUT2D eigenvalue weighted by Gasteiger charge is 2.24. The number of carbonyl (C=O) groups excluding carboxylic acids is 1.